The molecule has 7 heteroatoms. The molecule has 2 unspecified atom stereocenters. The van der Waals surface area contributed by atoms with Crippen LogP contribution >= 0.6 is 0 Å². The van der Waals surface area contributed by atoms with Gasteiger partial charge in [-0.1, -0.05) is 48.5 Å². The second-order valence-electron chi connectivity index (χ2n) is 7.20. The Morgan fingerprint density at radius 3 is 2.07 bits per heavy atom. The minimum atomic E-state index is -1.00. The summed E-state index contributed by atoms with van der Waals surface area (Å²) in [6.45, 7) is 3.26. The van der Waals surface area contributed by atoms with Crippen molar-refractivity contribution in [2.75, 3.05) is 6.61 Å². The van der Waals surface area contributed by atoms with Crippen LogP contribution in [0.1, 0.15) is 37.3 Å². The Balaban J connectivity index is 1.57. The monoisotopic (exact) mass is 396 g/mol. The SMILES string of the molecule is CC(CC(=O)O)NC(=O)C(C)NC(=O)OCC1c2ccccc2-c2ccccc21. The van der Waals surface area contributed by atoms with Gasteiger partial charge in [-0.2, -0.15) is 0 Å². The Labute approximate surface area is 169 Å². The lowest BCUT2D eigenvalue weighted by Crippen LogP contribution is -2.48. The normalized spacial score (nSPS) is 14.3. The Morgan fingerprint density at radius 1 is 0.966 bits per heavy atom. The number of hydrogen-bond donors (Lipinski definition) is 3. The minimum absolute atomic E-state index is 0.0622. The molecule has 7 nitrogen and oxygen atoms in total. The van der Waals surface area contributed by atoms with Gasteiger partial charge in [0.15, 0.2) is 0 Å². The molecule has 0 fully saturated rings. The van der Waals surface area contributed by atoms with E-state index in [1.807, 2.05) is 36.4 Å². The average Bonchev–Trinajstić information content (AvgIpc) is 2.99. The maximum Gasteiger partial charge on any atom is 0.407 e. The maximum atomic E-state index is 12.2. The van der Waals surface area contributed by atoms with Crippen molar-refractivity contribution in [3.8, 4) is 11.1 Å². The van der Waals surface area contributed by atoms with Crippen molar-refractivity contribution in [3.63, 3.8) is 0 Å². The zero-order valence-electron chi connectivity index (χ0n) is 16.3. The Bertz CT molecular complexity index is 881. The molecule has 0 saturated heterocycles. The number of nitrogens with one attached hydrogen (secondary N) is 2. The van der Waals surface area contributed by atoms with Crippen LogP contribution in [0.15, 0.2) is 48.5 Å². The zero-order valence-corrected chi connectivity index (χ0v) is 16.3. The molecule has 2 amide bonds. The molecule has 0 spiro atoms. The Kier molecular flexibility index (Phi) is 6.16. The molecule has 0 aliphatic heterocycles. The largest absolute Gasteiger partial charge is 0.481 e. The predicted molar refractivity (Wildman–Crippen MR) is 108 cm³/mol. The molecule has 0 bridgehead atoms. The standard InChI is InChI=1S/C22H24N2O5/c1-13(11-20(25)26)23-21(27)14(2)24-22(28)29-12-19-17-9-5-3-7-15(17)16-8-4-6-10-18(16)19/h3-10,13-14,19H,11-12H2,1-2H3,(H,23,27)(H,24,28)(H,25,26). The van der Waals surface area contributed by atoms with Crippen molar-refractivity contribution in [3.05, 3.63) is 59.7 Å². The molecule has 3 N–H and O–H groups in total. The summed E-state index contributed by atoms with van der Waals surface area (Å²) in [5, 5.41) is 13.8. The molecular formula is C22H24N2O5. The first-order chi connectivity index (χ1) is 13.9. The highest BCUT2D eigenvalue weighted by molar-refractivity contribution is 5.86. The molecule has 2 aromatic carbocycles. The number of alkyl carbamates (subject to hydrolysis) is 1. The third kappa shape index (κ3) is 4.74. The highest BCUT2D eigenvalue weighted by Crippen LogP contribution is 2.44. The van der Waals surface area contributed by atoms with Gasteiger partial charge in [-0.3, -0.25) is 9.59 Å². The van der Waals surface area contributed by atoms with Gasteiger partial charge in [0.1, 0.15) is 12.6 Å². The average molecular weight is 396 g/mol. The number of hydrogen-bond acceptors (Lipinski definition) is 4. The van der Waals surface area contributed by atoms with Crippen LogP contribution in [0.3, 0.4) is 0 Å². The van der Waals surface area contributed by atoms with Crippen molar-refractivity contribution < 1.29 is 24.2 Å². The van der Waals surface area contributed by atoms with Crippen LogP contribution in [-0.2, 0) is 14.3 Å². The van der Waals surface area contributed by atoms with E-state index in [1.54, 1.807) is 6.92 Å². The van der Waals surface area contributed by atoms with Gasteiger partial charge in [0.2, 0.25) is 5.91 Å². The van der Waals surface area contributed by atoms with Gasteiger partial charge in [0.25, 0.3) is 0 Å². The van der Waals surface area contributed by atoms with Crippen LogP contribution in [-0.4, -0.2) is 41.8 Å². The van der Waals surface area contributed by atoms with Crippen molar-refractivity contribution in [2.24, 2.45) is 0 Å². The maximum absolute atomic E-state index is 12.2. The number of carbonyl (C=O) groups is 3. The summed E-state index contributed by atoms with van der Waals surface area (Å²) in [6, 6.07) is 14.7. The molecule has 1 aliphatic carbocycles. The van der Waals surface area contributed by atoms with E-state index < -0.39 is 30.1 Å². The highest BCUT2D eigenvalue weighted by atomic mass is 16.5. The van der Waals surface area contributed by atoms with Crippen LogP contribution in [0.4, 0.5) is 4.79 Å². The number of aliphatic carboxylic acids is 1. The van der Waals surface area contributed by atoms with Crippen molar-refractivity contribution >= 4 is 18.0 Å². The summed E-state index contributed by atoms with van der Waals surface area (Å²) < 4.78 is 5.41. The van der Waals surface area contributed by atoms with E-state index in [-0.39, 0.29) is 18.9 Å². The molecule has 0 saturated carbocycles. The number of amides is 2. The summed E-state index contributed by atoms with van der Waals surface area (Å²) in [5.74, 6) is -1.53. The van der Waals surface area contributed by atoms with E-state index in [4.69, 9.17) is 9.84 Å². The van der Waals surface area contributed by atoms with E-state index in [2.05, 4.69) is 22.8 Å². The van der Waals surface area contributed by atoms with Gasteiger partial charge in [-0.15, -0.1) is 0 Å². The Morgan fingerprint density at radius 2 is 1.52 bits per heavy atom. The summed E-state index contributed by atoms with van der Waals surface area (Å²) in [5.41, 5.74) is 4.49. The third-order valence-corrected chi connectivity index (χ3v) is 4.94. The van der Waals surface area contributed by atoms with Gasteiger partial charge in [0.05, 0.1) is 6.42 Å². The minimum Gasteiger partial charge on any atom is -0.481 e. The van der Waals surface area contributed by atoms with Crippen molar-refractivity contribution in [1.29, 1.82) is 0 Å². The fourth-order valence-corrected chi connectivity index (χ4v) is 3.56. The van der Waals surface area contributed by atoms with Crippen molar-refractivity contribution in [1.82, 2.24) is 10.6 Å². The summed E-state index contributed by atoms with van der Waals surface area (Å²) in [6.07, 6.45) is -0.885. The first-order valence-electron chi connectivity index (χ1n) is 9.50. The van der Waals surface area contributed by atoms with Crippen LogP contribution in [0.5, 0.6) is 0 Å². The molecule has 1 aliphatic rings. The summed E-state index contributed by atoms with van der Waals surface area (Å²) in [4.78, 5) is 35.0. The van der Waals surface area contributed by atoms with E-state index in [0.29, 0.717) is 0 Å². The number of carbonyl (C=O) groups excluding carboxylic acids is 2. The lowest BCUT2D eigenvalue weighted by atomic mass is 9.98. The van der Waals surface area contributed by atoms with Crippen LogP contribution in [0.2, 0.25) is 0 Å². The van der Waals surface area contributed by atoms with E-state index >= 15 is 0 Å². The predicted octanol–water partition coefficient (Wildman–Crippen LogP) is 2.89. The van der Waals surface area contributed by atoms with Gasteiger partial charge < -0.3 is 20.5 Å². The van der Waals surface area contributed by atoms with E-state index in [9.17, 15) is 14.4 Å². The number of benzene rings is 2. The second-order valence-corrected chi connectivity index (χ2v) is 7.20. The topological polar surface area (TPSA) is 105 Å². The smallest absolute Gasteiger partial charge is 0.407 e. The quantitative estimate of drug-likeness (QED) is 0.667. The number of fused-ring (bicyclic) bond motifs is 3. The van der Waals surface area contributed by atoms with Crippen molar-refractivity contribution in [2.45, 2.75) is 38.3 Å². The summed E-state index contributed by atoms with van der Waals surface area (Å²) in [7, 11) is 0. The number of ether oxygens (including phenoxy) is 1. The lowest BCUT2D eigenvalue weighted by Gasteiger charge is -2.18. The van der Waals surface area contributed by atoms with Gasteiger partial charge in [-0.05, 0) is 36.1 Å². The molecule has 0 heterocycles. The molecule has 2 aromatic rings. The first-order valence-corrected chi connectivity index (χ1v) is 9.50. The third-order valence-electron chi connectivity index (χ3n) is 4.94. The van der Waals surface area contributed by atoms with Gasteiger partial charge in [-0.25, -0.2) is 4.79 Å². The van der Waals surface area contributed by atoms with Crippen LogP contribution in [0, 0.1) is 0 Å². The zero-order chi connectivity index (χ0) is 21.0. The molecule has 0 aromatic heterocycles. The van der Waals surface area contributed by atoms with E-state index in [0.717, 1.165) is 22.3 Å². The molecular weight excluding hydrogens is 372 g/mol. The Hall–Kier alpha value is -3.35. The van der Waals surface area contributed by atoms with Gasteiger partial charge in [0, 0.05) is 12.0 Å². The molecule has 3 rings (SSSR count). The number of rotatable bonds is 7. The molecule has 152 valence electrons. The fraction of sp³-hybridized carbons (Fsp3) is 0.318. The molecule has 29 heavy (non-hydrogen) atoms. The molecule has 2 atom stereocenters. The molecule has 0 radical (unpaired) electrons. The number of carboxylic acids is 1. The lowest BCUT2D eigenvalue weighted by molar-refractivity contribution is -0.137. The van der Waals surface area contributed by atoms with Crippen LogP contribution < -0.4 is 10.6 Å². The van der Waals surface area contributed by atoms with Crippen LogP contribution in [0.25, 0.3) is 11.1 Å². The first kappa shape index (κ1) is 20.4. The van der Waals surface area contributed by atoms with Gasteiger partial charge >= 0.3 is 12.1 Å². The highest BCUT2D eigenvalue weighted by Gasteiger charge is 2.29. The second kappa shape index (κ2) is 8.77. The number of carboxylic acid groups (broad SMARTS) is 1. The summed E-state index contributed by atoms with van der Waals surface area (Å²) >= 11 is 0. The fourth-order valence-electron chi connectivity index (χ4n) is 3.56. The van der Waals surface area contributed by atoms with E-state index in [1.165, 1.54) is 6.92 Å².